The largest absolute Gasteiger partial charge is 0.340 e. The minimum Gasteiger partial charge on any atom is -0.340 e. The zero-order valence-electron chi connectivity index (χ0n) is 16.6. The van der Waals surface area contributed by atoms with E-state index in [4.69, 9.17) is 0 Å². The molecule has 1 aliphatic heterocycles. The molecule has 0 N–H and O–H groups in total. The maximum atomic E-state index is 13.3. The topological polar surface area (TPSA) is 57.7 Å². The van der Waals surface area contributed by atoms with E-state index in [0.717, 1.165) is 10.0 Å². The van der Waals surface area contributed by atoms with Gasteiger partial charge < -0.3 is 4.90 Å². The summed E-state index contributed by atoms with van der Waals surface area (Å²) >= 11 is 3.41. The van der Waals surface area contributed by atoms with Gasteiger partial charge in [-0.25, -0.2) is 0 Å². The monoisotopic (exact) mass is 446 g/mol. The van der Waals surface area contributed by atoms with Crippen LogP contribution in [0.25, 0.3) is 0 Å². The lowest BCUT2D eigenvalue weighted by Gasteiger charge is -2.31. The molecular formula is C22H27BrN2O3. The van der Waals surface area contributed by atoms with Crippen LogP contribution in [-0.4, -0.2) is 40.6 Å². The summed E-state index contributed by atoms with van der Waals surface area (Å²) in [6.45, 7) is 4.45. The Morgan fingerprint density at radius 2 is 1.64 bits per heavy atom. The average molecular weight is 447 g/mol. The summed E-state index contributed by atoms with van der Waals surface area (Å²) in [5, 5.41) is 0. The quantitative estimate of drug-likeness (QED) is 0.493. The van der Waals surface area contributed by atoms with E-state index in [1.54, 1.807) is 11.9 Å². The first-order valence-corrected chi connectivity index (χ1v) is 10.6. The van der Waals surface area contributed by atoms with E-state index >= 15 is 0 Å². The third-order valence-electron chi connectivity index (χ3n) is 5.54. The van der Waals surface area contributed by atoms with Crippen molar-refractivity contribution in [1.82, 2.24) is 9.80 Å². The molecule has 2 aliphatic rings. The number of likely N-dealkylation sites (N-methyl/N-ethyl adjacent to an activating group) is 1. The van der Waals surface area contributed by atoms with E-state index in [1.165, 1.54) is 4.90 Å². The number of benzene rings is 1. The van der Waals surface area contributed by atoms with Crippen molar-refractivity contribution in [2.24, 2.45) is 17.8 Å². The fraction of sp³-hybridized carbons (Fsp3) is 0.500. The van der Waals surface area contributed by atoms with Gasteiger partial charge in [-0.3, -0.25) is 19.3 Å². The molecule has 5 nitrogen and oxygen atoms in total. The minimum atomic E-state index is -0.731. The molecule has 1 aromatic carbocycles. The van der Waals surface area contributed by atoms with Crippen molar-refractivity contribution in [2.45, 2.75) is 45.7 Å². The third-order valence-corrected chi connectivity index (χ3v) is 6.07. The number of carbonyl (C=O) groups is 3. The summed E-state index contributed by atoms with van der Waals surface area (Å²) in [5.41, 5.74) is 0.999. The molecule has 3 rings (SSSR count). The lowest BCUT2D eigenvalue weighted by Crippen LogP contribution is -2.50. The molecule has 0 saturated carbocycles. The number of rotatable bonds is 6. The maximum Gasteiger partial charge on any atom is 0.245 e. The maximum absolute atomic E-state index is 13.3. The second kappa shape index (κ2) is 8.60. The van der Waals surface area contributed by atoms with Gasteiger partial charge in [-0.15, -0.1) is 0 Å². The molecule has 0 radical (unpaired) electrons. The Balaban J connectivity index is 1.81. The standard InChI is InChI=1S/C22H27BrN2O3/c1-14(2)12-19(22(28)24(3)13-15-8-10-16(23)11-9-15)25-20(26)17-6-4-5-7-18(17)21(25)27/h4-5,8-11,14,17-19H,6-7,12-13H2,1-3H3. The van der Waals surface area contributed by atoms with Gasteiger partial charge in [-0.2, -0.15) is 0 Å². The molecule has 1 aromatic rings. The van der Waals surface area contributed by atoms with Crippen LogP contribution < -0.4 is 0 Å². The van der Waals surface area contributed by atoms with Crippen LogP contribution in [0.2, 0.25) is 0 Å². The first-order valence-electron chi connectivity index (χ1n) is 9.81. The lowest BCUT2D eigenvalue weighted by molar-refractivity contribution is -0.152. The number of amides is 3. The average Bonchev–Trinajstić information content (AvgIpc) is 2.92. The fourth-order valence-corrected chi connectivity index (χ4v) is 4.36. The number of fused-ring (bicyclic) bond motifs is 1. The highest BCUT2D eigenvalue weighted by Crippen LogP contribution is 2.37. The zero-order chi connectivity index (χ0) is 20.4. The Morgan fingerprint density at radius 3 is 2.14 bits per heavy atom. The molecule has 6 heteroatoms. The number of imide groups is 1. The van der Waals surface area contributed by atoms with Gasteiger partial charge in [0.05, 0.1) is 11.8 Å². The molecule has 3 unspecified atom stereocenters. The van der Waals surface area contributed by atoms with Crippen LogP contribution in [0.15, 0.2) is 40.9 Å². The van der Waals surface area contributed by atoms with Gasteiger partial charge in [0, 0.05) is 18.1 Å². The molecule has 1 saturated heterocycles. The first kappa shape index (κ1) is 20.8. The molecule has 150 valence electrons. The highest BCUT2D eigenvalue weighted by Gasteiger charge is 2.51. The van der Waals surface area contributed by atoms with Crippen LogP contribution in [0.3, 0.4) is 0 Å². The first-order chi connectivity index (χ1) is 13.3. The van der Waals surface area contributed by atoms with Crippen LogP contribution in [0.5, 0.6) is 0 Å². The summed E-state index contributed by atoms with van der Waals surface area (Å²) in [6.07, 6.45) is 5.59. The van der Waals surface area contributed by atoms with Crippen molar-refractivity contribution in [1.29, 1.82) is 0 Å². The number of likely N-dealkylation sites (tertiary alicyclic amines) is 1. The van der Waals surface area contributed by atoms with Crippen molar-refractivity contribution in [3.8, 4) is 0 Å². The lowest BCUT2D eigenvalue weighted by atomic mass is 9.85. The summed E-state index contributed by atoms with van der Waals surface area (Å²) in [7, 11) is 1.73. The van der Waals surface area contributed by atoms with Gasteiger partial charge in [-0.05, 0) is 42.9 Å². The van der Waals surface area contributed by atoms with Gasteiger partial charge in [0.1, 0.15) is 6.04 Å². The highest BCUT2D eigenvalue weighted by atomic mass is 79.9. The summed E-state index contributed by atoms with van der Waals surface area (Å²) in [6, 6.07) is 7.05. The van der Waals surface area contributed by atoms with E-state index in [-0.39, 0.29) is 35.5 Å². The van der Waals surface area contributed by atoms with Crippen LogP contribution in [0.1, 0.15) is 38.7 Å². The van der Waals surface area contributed by atoms with Crippen molar-refractivity contribution in [3.05, 3.63) is 46.5 Å². The summed E-state index contributed by atoms with van der Waals surface area (Å²) in [5.74, 6) is -0.972. The molecule has 3 amide bonds. The fourth-order valence-electron chi connectivity index (χ4n) is 4.09. The van der Waals surface area contributed by atoms with E-state index in [2.05, 4.69) is 15.9 Å². The minimum absolute atomic E-state index is 0.176. The van der Waals surface area contributed by atoms with Gasteiger partial charge >= 0.3 is 0 Å². The number of allylic oxidation sites excluding steroid dienone is 2. The molecule has 28 heavy (non-hydrogen) atoms. The van der Waals surface area contributed by atoms with Gasteiger partial charge in [-0.1, -0.05) is 54.1 Å². The predicted octanol–water partition coefficient (Wildman–Crippen LogP) is 3.77. The molecular weight excluding hydrogens is 420 g/mol. The Kier molecular flexibility index (Phi) is 6.38. The molecule has 0 bridgehead atoms. The van der Waals surface area contributed by atoms with Gasteiger partial charge in [0.2, 0.25) is 17.7 Å². The predicted molar refractivity (Wildman–Crippen MR) is 111 cm³/mol. The smallest absolute Gasteiger partial charge is 0.245 e. The van der Waals surface area contributed by atoms with E-state index in [9.17, 15) is 14.4 Å². The van der Waals surface area contributed by atoms with Crippen molar-refractivity contribution in [2.75, 3.05) is 7.05 Å². The van der Waals surface area contributed by atoms with Crippen LogP contribution in [0.4, 0.5) is 0 Å². The van der Waals surface area contributed by atoms with Gasteiger partial charge in [0.25, 0.3) is 0 Å². The Bertz CT molecular complexity index is 761. The molecule has 1 fully saturated rings. The molecule has 3 atom stereocenters. The van der Waals surface area contributed by atoms with Gasteiger partial charge in [0.15, 0.2) is 0 Å². The number of halogens is 1. The number of hydrogen-bond donors (Lipinski definition) is 0. The van der Waals surface area contributed by atoms with E-state index in [0.29, 0.717) is 25.8 Å². The highest BCUT2D eigenvalue weighted by molar-refractivity contribution is 9.10. The number of hydrogen-bond acceptors (Lipinski definition) is 3. The Morgan fingerprint density at radius 1 is 1.11 bits per heavy atom. The normalized spacial score (nSPS) is 22.5. The second-order valence-corrected chi connectivity index (χ2v) is 9.08. The Labute approximate surface area is 174 Å². The Hall–Kier alpha value is -1.95. The summed E-state index contributed by atoms with van der Waals surface area (Å²) < 4.78 is 0.979. The van der Waals surface area contributed by atoms with Crippen molar-refractivity contribution >= 4 is 33.7 Å². The SMILES string of the molecule is CC(C)CC(C(=O)N(C)Cc1ccc(Br)cc1)N1C(=O)C2CC=CCC2C1=O. The molecule has 1 aliphatic carbocycles. The van der Waals surface area contributed by atoms with Crippen LogP contribution >= 0.6 is 15.9 Å². The zero-order valence-corrected chi connectivity index (χ0v) is 18.2. The molecule has 1 heterocycles. The van der Waals surface area contributed by atoms with E-state index in [1.807, 2.05) is 50.3 Å². The molecule has 0 spiro atoms. The van der Waals surface area contributed by atoms with Crippen molar-refractivity contribution < 1.29 is 14.4 Å². The third kappa shape index (κ3) is 4.22. The number of nitrogens with zero attached hydrogens (tertiary/aromatic N) is 2. The number of carbonyl (C=O) groups excluding carboxylic acids is 3. The molecule has 0 aromatic heterocycles. The van der Waals surface area contributed by atoms with Crippen LogP contribution in [-0.2, 0) is 20.9 Å². The van der Waals surface area contributed by atoms with Crippen LogP contribution in [0, 0.1) is 17.8 Å². The van der Waals surface area contributed by atoms with Crippen molar-refractivity contribution in [3.63, 3.8) is 0 Å². The second-order valence-electron chi connectivity index (χ2n) is 8.17. The van der Waals surface area contributed by atoms with E-state index < -0.39 is 6.04 Å². The summed E-state index contributed by atoms with van der Waals surface area (Å²) in [4.78, 5) is 42.2.